The lowest BCUT2D eigenvalue weighted by atomic mass is 10.1. The minimum absolute atomic E-state index is 0.0421. The Morgan fingerprint density at radius 3 is 2.30 bits per heavy atom. The Bertz CT molecular complexity index is 1080. The first kappa shape index (κ1) is 22.9. The van der Waals surface area contributed by atoms with Crippen molar-refractivity contribution in [1.29, 1.82) is 0 Å². The van der Waals surface area contributed by atoms with Crippen LogP contribution in [0.1, 0.15) is 29.3 Å². The number of hydrogen-bond acceptors (Lipinski definition) is 5. The van der Waals surface area contributed by atoms with Crippen LogP contribution >= 0.6 is 0 Å². The first-order valence-corrected chi connectivity index (χ1v) is 11.6. The van der Waals surface area contributed by atoms with E-state index in [9.17, 15) is 4.79 Å². The molecule has 4 rings (SSSR count). The highest BCUT2D eigenvalue weighted by Crippen LogP contribution is 2.27. The highest BCUT2D eigenvalue weighted by atomic mass is 16.5. The summed E-state index contributed by atoms with van der Waals surface area (Å²) in [6, 6.07) is 18.3. The number of ether oxygens (including phenoxy) is 1. The molecule has 1 amide bonds. The van der Waals surface area contributed by atoms with Crippen molar-refractivity contribution in [2.45, 2.75) is 33.8 Å². The second-order valence-corrected chi connectivity index (χ2v) is 8.50. The molecule has 0 bridgehead atoms. The normalized spacial score (nSPS) is 13.9. The zero-order valence-corrected chi connectivity index (χ0v) is 19.8. The van der Waals surface area contributed by atoms with Gasteiger partial charge in [-0.1, -0.05) is 67.1 Å². The summed E-state index contributed by atoms with van der Waals surface area (Å²) in [5.41, 5.74) is 5.51. The first-order valence-electron chi connectivity index (χ1n) is 11.6. The molecule has 0 aliphatic carbocycles. The predicted molar refractivity (Wildman–Crippen MR) is 131 cm³/mol. The SMILES string of the molecule is CCc1c(C)nc(-c2ccc(C)cc2)nc1N1CCN(C(=O)COCc2ccccc2)CC1. The number of aryl methyl sites for hydroxylation is 2. The Morgan fingerprint density at radius 1 is 0.939 bits per heavy atom. The van der Waals surface area contributed by atoms with Gasteiger partial charge in [-0.3, -0.25) is 4.79 Å². The Hall–Kier alpha value is -3.25. The summed E-state index contributed by atoms with van der Waals surface area (Å²) >= 11 is 0. The number of anilines is 1. The second-order valence-electron chi connectivity index (χ2n) is 8.50. The van der Waals surface area contributed by atoms with Crippen molar-refractivity contribution in [1.82, 2.24) is 14.9 Å². The monoisotopic (exact) mass is 444 g/mol. The van der Waals surface area contributed by atoms with E-state index in [1.54, 1.807) is 0 Å². The van der Waals surface area contributed by atoms with Crippen molar-refractivity contribution >= 4 is 11.7 Å². The van der Waals surface area contributed by atoms with Gasteiger partial charge in [-0.15, -0.1) is 0 Å². The van der Waals surface area contributed by atoms with E-state index in [-0.39, 0.29) is 12.5 Å². The van der Waals surface area contributed by atoms with Gasteiger partial charge >= 0.3 is 0 Å². The van der Waals surface area contributed by atoms with E-state index in [2.05, 4.69) is 49.9 Å². The Balaban J connectivity index is 1.40. The molecule has 0 radical (unpaired) electrons. The fraction of sp³-hybridized carbons (Fsp3) is 0.370. The van der Waals surface area contributed by atoms with Crippen molar-refractivity contribution in [3.8, 4) is 11.4 Å². The molecule has 0 atom stereocenters. The molecular formula is C27H32N4O2. The average molecular weight is 445 g/mol. The average Bonchev–Trinajstić information content (AvgIpc) is 2.84. The fourth-order valence-electron chi connectivity index (χ4n) is 4.18. The van der Waals surface area contributed by atoms with Gasteiger partial charge < -0.3 is 14.5 Å². The molecule has 0 saturated carbocycles. The molecule has 6 nitrogen and oxygen atoms in total. The van der Waals surface area contributed by atoms with Gasteiger partial charge in [0.1, 0.15) is 12.4 Å². The summed E-state index contributed by atoms with van der Waals surface area (Å²) in [5.74, 6) is 1.79. The minimum Gasteiger partial charge on any atom is -0.367 e. The van der Waals surface area contributed by atoms with Crippen LogP contribution in [-0.4, -0.2) is 53.6 Å². The number of amides is 1. The minimum atomic E-state index is 0.0421. The second kappa shape index (κ2) is 10.6. The number of aromatic nitrogens is 2. The van der Waals surface area contributed by atoms with Gasteiger partial charge in [-0.2, -0.15) is 0 Å². The quantitative estimate of drug-likeness (QED) is 0.547. The lowest BCUT2D eigenvalue weighted by molar-refractivity contribution is -0.136. The first-order chi connectivity index (χ1) is 16.0. The zero-order valence-electron chi connectivity index (χ0n) is 19.8. The van der Waals surface area contributed by atoms with Crippen molar-refractivity contribution in [2.75, 3.05) is 37.7 Å². The van der Waals surface area contributed by atoms with Gasteiger partial charge in [-0.25, -0.2) is 9.97 Å². The third-order valence-corrected chi connectivity index (χ3v) is 6.12. The largest absolute Gasteiger partial charge is 0.367 e. The van der Waals surface area contributed by atoms with Gasteiger partial charge in [0, 0.05) is 43.0 Å². The Labute approximate surface area is 196 Å². The zero-order chi connectivity index (χ0) is 23.2. The number of piperazine rings is 1. The molecule has 33 heavy (non-hydrogen) atoms. The molecule has 1 aliphatic heterocycles. The molecular weight excluding hydrogens is 412 g/mol. The highest BCUT2D eigenvalue weighted by molar-refractivity contribution is 5.77. The summed E-state index contributed by atoms with van der Waals surface area (Å²) in [6.07, 6.45) is 0.877. The van der Waals surface area contributed by atoms with Gasteiger partial charge in [0.25, 0.3) is 0 Å². The van der Waals surface area contributed by atoms with E-state index >= 15 is 0 Å². The summed E-state index contributed by atoms with van der Waals surface area (Å²) in [5, 5.41) is 0. The molecule has 1 aromatic heterocycles. The van der Waals surface area contributed by atoms with Crippen molar-refractivity contribution in [3.05, 3.63) is 77.0 Å². The number of rotatable bonds is 7. The standard InChI is InChI=1S/C27H32N4O2/c1-4-24-21(3)28-26(23-12-10-20(2)11-13-23)29-27(24)31-16-14-30(15-17-31)25(32)19-33-18-22-8-6-5-7-9-22/h5-13H,4,14-19H2,1-3H3. The van der Waals surface area contributed by atoms with Crippen molar-refractivity contribution < 1.29 is 9.53 Å². The van der Waals surface area contributed by atoms with Crippen molar-refractivity contribution in [3.63, 3.8) is 0 Å². The molecule has 2 aromatic carbocycles. The van der Waals surface area contributed by atoms with E-state index < -0.39 is 0 Å². The topological polar surface area (TPSA) is 58.6 Å². The van der Waals surface area contributed by atoms with Gasteiger partial charge in [0.05, 0.1) is 6.61 Å². The van der Waals surface area contributed by atoms with E-state index in [0.29, 0.717) is 19.7 Å². The van der Waals surface area contributed by atoms with Crippen LogP contribution in [0.2, 0.25) is 0 Å². The molecule has 1 fully saturated rings. The van der Waals surface area contributed by atoms with E-state index in [0.717, 1.165) is 48.0 Å². The number of hydrogen-bond donors (Lipinski definition) is 0. The molecule has 1 saturated heterocycles. The van der Waals surface area contributed by atoms with Crippen molar-refractivity contribution in [2.24, 2.45) is 0 Å². The molecule has 6 heteroatoms. The maximum atomic E-state index is 12.6. The Kier molecular flexibility index (Phi) is 7.35. The fourth-order valence-corrected chi connectivity index (χ4v) is 4.18. The summed E-state index contributed by atoms with van der Waals surface area (Å²) < 4.78 is 5.65. The van der Waals surface area contributed by atoms with Gasteiger partial charge in [0.15, 0.2) is 5.82 Å². The number of carbonyl (C=O) groups excluding carboxylic acids is 1. The van der Waals surface area contributed by atoms with Crippen LogP contribution in [0.25, 0.3) is 11.4 Å². The van der Waals surface area contributed by atoms with Crippen LogP contribution in [0.3, 0.4) is 0 Å². The molecule has 0 spiro atoms. The molecule has 172 valence electrons. The van der Waals surface area contributed by atoms with Crippen LogP contribution in [0, 0.1) is 13.8 Å². The van der Waals surface area contributed by atoms with Crippen LogP contribution in [0.4, 0.5) is 5.82 Å². The molecule has 2 heterocycles. The number of benzene rings is 2. The number of carbonyl (C=O) groups is 1. The summed E-state index contributed by atoms with van der Waals surface area (Å²) in [6.45, 7) is 9.68. The molecule has 3 aromatic rings. The summed E-state index contributed by atoms with van der Waals surface area (Å²) in [4.78, 5) is 26.6. The molecule has 0 N–H and O–H groups in total. The lowest BCUT2D eigenvalue weighted by Gasteiger charge is -2.36. The lowest BCUT2D eigenvalue weighted by Crippen LogP contribution is -2.50. The third kappa shape index (κ3) is 5.57. The molecule has 1 aliphatic rings. The smallest absolute Gasteiger partial charge is 0.248 e. The van der Waals surface area contributed by atoms with Gasteiger partial charge in [-0.05, 0) is 25.8 Å². The van der Waals surface area contributed by atoms with Crippen LogP contribution in [-0.2, 0) is 22.6 Å². The van der Waals surface area contributed by atoms with E-state index in [1.165, 1.54) is 11.1 Å². The maximum Gasteiger partial charge on any atom is 0.248 e. The highest BCUT2D eigenvalue weighted by Gasteiger charge is 2.24. The van der Waals surface area contributed by atoms with Gasteiger partial charge in [0.2, 0.25) is 5.91 Å². The number of nitrogens with zero attached hydrogens (tertiary/aromatic N) is 4. The van der Waals surface area contributed by atoms with Crippen LogP contribution < -0.4 is 4.90 Å². The predicted octanol–water partition coefficient (Wildman–Crippen LogP) is 4.19. The van der Waals surface area contributed by atoms with E-state index in [1.807, 2.05) is 35.2 Å². The van der Waals surface area contributed by atoms with E-state index in [4.69, 9.17) is 14.7 Å². The van der Waals surface area contributed by atoms with Crippen LogP contribution in [0.15, 0.2) is 54.6 Å². The summed E-state index contributed by atoms with van der Waals surface area (Å²) in [7, 11) is 0. The van der Waals surface area contributed by atoms with Crippen LogP contribution in [0.5, 0.6) is 0 Å². The Morgan fingerprint density at radius 2 is 1.64 bits per heavy atom. The third-order valence-electron chi connectivity index (χ3n) is 6.12. The molecule has 0 unspecified atom stereocenters. The maximum absolute atomic E-state index is 12.6.